The van der Waals surface area contributed by atoms with Gasteiger partial charge in [-0.3, -0.25) is 10.00 Å². The highest BCUT2D eigenvalue weighted by molar-refractivity contribution is 7.10. The number of benzene rings is 1. The lowest BCUT2D eigenvalue weighted by Crippen LogP contribution is -2.24. The van der Waals surface area contributed by atoms with Crippen molar-refractivity contribution >= 4 is 11.3 Å². The number of H-pyrrole nitrogens is 1. The maximum Gasteiger partial charge on any atom is 0.133 e. The van der Waals surface area contributed by atoms with E-state index >= 15 is 0 Å². The highest BCUT2D eigenvalue weighted by Crippen LogP contribution is 2.31. The predicted octanol–water partition coefficient (Wildman–Crippen LogP) is 4.33. The van der Waals surface area contributed by atoms with E-state index in [0.29, 0.717) is 6.61 Å². The molecular weight excluding hydrogens is 330 g/mol. The smallest absolute Gasteiger partial charge is 0.133 e. The van der Waals surface area contributed by atoms with Gasteiger partial charge >= 0.3 is 0 Å². The van der Waals surface area contributed by atoms with Gasteiger partial charge in [0.1, 0.15) is 6.10 Å². The van der Waals surface area contributed by atoms with Gasteiger partial charge in [0.05, 0.1) is 18.0 Å². The molecule has 3 rings (SSSR count). The lowest BCUT2D eigenvalue weighted by Gasteiger charge is -2.20. The van der Waals surface area contributed by atoms with E-state index < -0.39 is 0 Å². The number of likely N-dealkylation sites (N-methyl/N-ethyl adjacent to an activating group) is 1. The lowest BCUT2D eigenvalue weighted by molar-refractivity contribution is 0.0628. The Kier molecular flexibility index (Phi) is 6.02. The fraction of sp³-hybridized carbons (Fsp3) is 0.350. The standard InChI is InChI=1S/C20H25N3OS/c1-15-9-12-25-20(15)19(18-13-16(2)21-22-18)24-11-10-23(3)14-17-7-5-4-6-8-17/h4-9,12-13,19H,10-11,14H2,1-3H3,(H,21,22)/t19-/m0/s1. The average molecular weight is 356 g/mol. The zero-order valence-corrected chi connectivity index (χ0v) is 15.8. The zero-order valence-electron chi connectivity index (χ0n) is 15.0. The monoisotopic (exact) mass is 355 g/mol. The fourth-order valence-corrected chi connectivity index (χ4v) is 3.83. The first kappa shape index (κ1) is 17.9. The molecule has 2 heterocycles. The van der Waals surface area contributed by atoms with Crippen molar-refractivity contribution in [3.05, 3.63) is 75.2 Å². The minimum absolute atomic E-state index is 0.0775. The Morgan fingerprint density at radius 2 is 2.00 bits per heavy atom. The summed E-state index contributed by atoms with van der Waals surface area (Å²) in [5.74, 6) is 0. The molecule has 0 amide bonds. The van der Waals surface area contributed by atoms with E-state index in [0.717, 1.165) is 24.5 Å². The van der Waals surface area contributed by atoms with Crippen LogP contribution in [0.1, 0.15) is 33.5 Å². The van der Waals surface area contributed by atoms with E-state index in [1.165, 1.54) is 16.0 Å². The van der Waals surface area contributed by atoms with Gasteiger partial charge in [-0.25, -0.2) is 0 Å². The third-order valence-electron chi connectivity index (χ3n) is 4.20. The van der Waals surface area contributed by atoms with Crippen LogP contribution in [0.15, 0.2) is 47.8 Å². The van der Waals surface area contributed by atoms with Crippen LogP contribution in [-0.4, -0.2) is 35.3 Å². The van der Waals surface area contributed by atoms with Gasteiger partial charge in [0.2, 0.25) is 0 Å². The Morgan fingerprint density at radius 1 is 1.20 bits per heavy atom. The molecule has 0 bridgehead atoms. The summed E-state index contributed by atoms with van der Waals surface area (Å²) in [7, 11) is 2.13. The number of nitrogens with one attached hydrogen (secondary N) is 1. The SMILES string of the molecule is Cc1cc([C@H](OCCN(C)Cc2ccccc2)c2sccc2C)[nH]n1. The molecule has 1 N–H and O–H groups in total. The van der Waals surface area contributed by atoms with Crippen LogP contribution in [0.5, 0.6) is 0 Å². The molecule has 4 nitrogen and oxygen atoms in total. The summed E-state index contributed by atoms with van der Waals surface area (Å²) in [5.41, 5.74) is 4.59. The van der Waals surface area contributed by atoms with Crippen LogP contribution in [0.25, 0.3) is 0 Å². The van der Waals surface area contributed by atoms with Gasteiger partial charge < -0.3 is 4.74 Å². The van der Waals surface area contributed by atoms with Gasteiger partial charge in [0, 0.05) is 18.0 Å². The Balaban J connectivity index is 1.60. The summed E-state index contributed by atoms with van der Waals surface area (Å²) < 4.78 is 6.27. The van der Waals surface area contributed by atoms with Gasteiger partial charge in [-0.05, 0) is 49.5 Å². The first-order valence-electron chi connectivity index (χ1n) is 8.53. The molecule has 2 aromatic heterocycles. The molecule has 0 unspecified atom stereocenters. The third-order valence-corrected chi connectivity index (χ3v) is 5.26. The van der Waals surface area contributed by atoms with Crippen molar-refractivity contribution in [1.29, 1.82) is 0 Å². The number of hydrogen-bond donors (Lipinski definition) is 1. The number of hydrogen-bond acceptors (Lipinski definition) is 4. The predicted molar refractivity (Wildman–Crippen MR) is 103 cm³/mol. The van der Waals surface area contributed by atoms with Gasteiger partial charge in [0.15, 0.2) is 0 Å². The maximum absolute atomic E-state index is 6.27. The third kappa shape index (κ3) is 4.78. The van der Waals surface area contributed by atoms with Gasteiger partial charge in [-0.15, -0.1) is 11.3 Å². The lowest BCUT2D eigenvalue weighted by atomic mass is 10.1. The molecule has 3 aromatic rings. The quantitative estimate of drug-likeness (QED) is 0.654. The van der Waals surface area contributed by atoms with E-state index in [4.69, 9.17) is 4.74 Å². The van der Waals surface area contributed by atoms with Gasteiger partial charge in [0.25, 0.3) is 0 Å². The second-order valence-corrected chi connectivity index (χ2v) is 7.35. The summed E-state index contributed by atoms with van der Waals surface area (Å²) in [6.45, 7) is 6.60. The van der Waals surface area contributed by atoms with E-state index in [-0.39, 0.29) is 6.10 Å². The highest BCUT2D eigenvalue weighted by Gasteiger charge is 2.20. The van der Waals surface area contributed by atoms with Crippen LogP contribution in [0.2, 0.25) is 0 Å². The van der Waals surface area contributed by atoms with Gasteiger partial charge in [-0.1, -0.05) is 30.3 Å². The Hall–Kier alpha value is -1.95. The second-order valence-electron chi connectivity index (χ2n) is 6.41. The highest BCUT2D eigenvalue weighted by atomic mass is 32.1. The van der Waals surface area contributed by atoms with E-state index in [1.807, 2.05) is 13.0 Å². The van der Waals surface area contributed by atoms with Crippen LogP contribution in [-0.2, 0) is 11.3 Å². The molecule has 0 saturated heterocycles. The molecule has 0 spiro atoms. The Labute approximate surface area is 153 Å². The fourth-order valence-electron chi connectivity index (χ4n) is 2.84. The number of nitrogens with zero attached hydrogens (tertiary/aromatic N) is 2. The van der Waals surface area contributed by atoms with Crippen molar-refractivity contribution in [2.45, 2.75) is 26.5 Å². The number of aromatic amines is 1. The molecule has 0 aliphatic rings. The Bertz CT molecular complexity index is 781. The number of aryl methyl sites for hydroxylation is 2. The number of ether oxygens (including phenoxy) is 1. The molecule has 132 valence electrons. The van der Waals surface area contributed by atoms with Crippen LogP contribution >= 0.6 is 11.3 Å². The first-order chi connectivity index (χ1) is 12.1. The number of rotatable bonds is 8. The van der Waals surface area contributed by atoms with Crippen molar-refractivity contribution in [3.63, 3.8) is 0 Å². The molecule has 1 atom stereocenters. The molecule has 0 aliphatic heterocycles. The molecule has 5 heteroatoms. The van der Waals surface area contributed by atoms with E-state index in [1.54, 1.807) is 11.3 Å². The van der Waals surface area contributed by atoms with Crippen LogP contribution in [0.3, 0.4) is 0 Å². The molecule has 1 aromatic carbocycles. The molecule has 0 radical (unpaired) electrons. The summed E-state index contributed by atoms with van der Waals surface area (Å²) >= 11 is 1.74. The Morgan fingerprint density at radius 3 is 2.64 bits per heavy atom. The first-order valence-corrected chi connectivity index (χ1v) is 9.41. The molecule has 25 heavy (non-hydrogen) atoms. The average Bonchev–Trinajstić information content (AvgIpc) is 3.21. The topological polar surface area (TPSA) is 41.1 Å². The summed E-state index contributed by atoms with van der Waals surface area (Å²) in [6, 6.07) is 14.7. The zero-order chi connectivity index (χ0) is 17.6. The van der Waals surface area contributed by atoms with Crippen LogP contribution in [0, 0.1) is 13.8 Å². The summed E-state index contributed by atoms with van der Waals surface area (Å²) in [5, 5.41) is 9.50. The van der Waals surface area contributed by atoms with Crippen molar-refractivity contribution < 1.29 is 4.74 Å². The van der Waals surface area contributed by atoms with E-state index in [9.17, 15) is 0 Å². The largest absolute Gasteiger partial charge is 0.365 e. The number of aromatic nitrogens is 2. The van der Waals surface area contributed by atoms with Crippen molar-refractivity contribution in [3.8, 4) is 0 Å². The molecule has 0 saturated carbocycles. The van der Waals surface area contributed by atoms with E-state index in [2.05, 4.69) is 70.8 Å². The van der Waals surface area contributed by atoms with Crippen molar-refractivity contribution in [2.75, 3.05) is 20.2 Å². The summed E-state index contributed by atoms with van der Waals surface area (Å²) in [4.78, 5) is 3.53. The van der Waals surface area contributed by atoms with Crippen molar-refractivity contribution in [2.24, 2.45) is 0 Å². The van der Waals surface area contributed by atoms with Crippen LogP contribution < -0.4 is 0 Å². The molecule has 0 fully saturated rings. The molecular formula is C20H25N3OS. The van der Waals surface area contributed by atoms with Crippen LogP contribution in [0.4, 0.5) is 0 Å². The van der Waals surface area contributed by atoms with Crippen molar-refractivity contribution in [1.82, 2.24) is 15.1 Å². The molecule has 0 aliphatic carbocycles. The summed E-state index contributed by atoms with van der Waals surface area (Å²) in [6.07, 6.45) is -0.0775. The van der Waals surface area contributed by atoms with Gasteiger partial charge in [-0.2, -0.15) is 5.10 Å². The number of thiophene rings is 1. The minimum Gasteiger partial charge on any atom is -0.365 e. The minimum atomic E-state index is -0.0775. The normalized spacial score (nSPS) is 12.6. The second kappa shape index (κ2) is 8.43. The maximum atomic E-state index is 6.27.